The fourth-order valence-electron chi connectivity index (χ4n) is 2.14. The standard InChI is InChI=1S/C13H10N2O3S/c16-10-5-2-6-11-12(10)14-13(19-11)8-3-1-4-9(7-8)15(17)18/h1,3-4,7H,2,5-6H2. The molecule has 0 N–H and O–H groups in total. The van der Waals surface area contributed by atoms with Crippen LogP contribution in [0.2, 0.25) is 0 Å². The third-order valence-electron chi connectivity index (χ3n) is 3.07. The molecule has 1 aromatic heterocycles. The van der Waals surface area contributed by atoms with Crippen LogP contribution >= 0.6 is 11.3 Å². The molecular weight excluding hydrogens is 264 g/mol. The van der Waals surface area contributed by atoms with E-state index in [0.717, 1.165) is 17.7 Å². The molecule has 5 nitrogen and oxygen atoms in total. The normalized spacial score (nSPS) is 14.2. The van der Waals surface area contributed by atoms with Crippen LogP contribution in [0.5, 0.6) is 0 Å². The summed E-state index contributed by atoms with van der Waals surface area (Å²) >= 11 is 1.46. The van der Waals surface area contributed by atoms with Crippen molar-refractivity contribution in [3.63, 3.8) is 0 Å². The zero-order valence-electron chi connectivity index (χ0n) is 9.96. The molecular formula is C13H10N2O3S. The van der Waals surface area contributed by atoms with Crippen molar-refractivity contribution in [1.82, 2.24) is 4.98 Å². The maximum Gasteiger partial charge on any atom is 0.270 e. The van der Waals surface area contributed by atoms with Gasteiger partial charge in [-0.05, 0) is 12.8 Å². The zero-order valence-corrected chi connectivity index (χ0v) is 10.8. The highest BCUT2D eigenvalue weighted by molar-refractivity contribution is 7.15. The Hall–Kier alpha value is -2.08. The van der Waals surface area contributed by atoms with E-state index in [0.29, 0.717) is 22.7 Å². The number of carbonyl (C=O) groups is 1. The molecule has 1 aliphatic rings. The number of fused-ring (bicyclic) bond motifs is 1. The number of hydrogen-bond donors (Lipinski definition) is 0. The number of ketones is 1. The highest BCUT2D eigenvalue weighted by Crippen LogP contribution is 2.33. The van der Waals surface area contributed by atoms with Gasteiger partial charge in [-0.15, -0.1) is 11.3 Å². The van der Waals surface area contributed by atoms with Gasteiger partial charge in [0.15, 0.2) is 5.78 Å². The first-order valence-corrected chi connectivity index (χ1v) is 6.74. The minimum atomic E-state index is -0.428. The van der Waals surface area contributed by atoms with E-state index < -0.39 is 4.92 Å². The number of rotatable bonds is 2. The SMILES string of the molecule is O=C1CCCc2sc(-c3cccc([N+](=O)[O-])c3)nc21. The van der Waals surface area contributed by atoms with Gasteiger partial charge in [-0.25, -0.2) is 4.98 Å². The topological polar surface area (TPSA) is 73.1 Å². The first kappa shape index (κ1) is 12.0. The highest BCUT2D eigenvalue weighted by atomic mass is 32.1. The molecule has 0 atom stereocenters. The van der Waals surface area contributed by atoms with Gasteiger partial charge in [0.25, 0.3) is 5.69 Å². The van der Waals surface area contributed by atoms with Crippen LogP contribution in [0.25, 0.3) is 10.6 Å². The number of nitro benzene ring substituents is 1. The van der Waals surface area contributed by atoms with Gasteiger partial charge >= 0.3 is 0 Å². The predicted molar refractivity (Wildman–Crippen MR) is 71.5 cm³/mol. The lowest BCUT2D eigenvalue weighted by Crippen LogP contribution is -2.08. The number of benzene rings is 1. The zero-order chi connectivity index (χ0) is 13.4. The third-order valence-corrected chi connectivity index (χ3v) is 4.24. The molecule has 0 unspecified atom stereocenters. The van der Waals surface area contributed by atoms with Gasteiger partial charge in [0, 0.05) is 29.0 Å². The summed E-state index contributed by atoms with van der Waals surface area (Å²) in [5, 5.41) is 11.4. The molecule has 0 saturated carbocycles. The molecule has 0 spiro atoms. The van der Waals surface area contributed by atoms with Gasteiger partial charge in [0.1, 0.15) is 10.7 Å². The van der Waals surface area contributed by atoms with E-state index in [-0.39, 0.29) is 11.5 Å². The molecule has 0 fully saturated rings. The van der Waals surface area contributed by atoms with Crippen molar-refractivity contribution < 1.29 is 9.72 Å². The fraction of sp³-hybridized carbons (Fsp3) is 0.231. The molecule has 6 heteroatoms. The Labute approximate surface area is 113 Å². The van der Waals surface area contributed by atoms with Crippen molar-refractivity contribution in [2.45, 2.75) is 19.3 Å². The Balaban J connectivity index is 2.05. The van der Waals surface area contributed by atoms with E-state index in [9.17, 15) is 14.9 Å². The second-order valence-corrected chi connectivity index (χ2v) is 5.46. The summed E-state index contributed by atoms with van der Waals surface area (Å²) in [5.74, 6) is 0.0779. The number of aromatic nitrogens is 1. The molecule has 96 valence electrons. The molecule has 0 bridgehead atoms. The number of aryl methyl sites for hydroxylation is 1. The van der Waals surface area contributed by atoms with E-state index in [2.05, 4.69) is 4.98 Å². The summed E-state index contributed by atoms with van der Waals surface area (Å²) in [6.45, 7) is 0. The first-order chi connectivity index (χ1) is 9.15. The second-order valence-electron chi connectivity index (χ2n) is 4.37. The Kier molecular flexibility index (Phi) is 2.87. The van der Waals surface area contributed by atoms with Gasteiger partial charge in [-0.1, -0.05) is 12.1 Å². The van der Waals surface area contributed by atoms with Gasteiger partial charge in [-0.2, -0.15) is 0 Å². The van der Waals surface area contributed by atoms with Gasteiger partial charge in [-0.3, -0.25) is 14.9 Å². The van der Waals surface area contributed by atoms with Crippen molar-refractivity contribution in [1.29, 1.82) is 0 Å². The molecule has 0 saturated heterocycles. The van der Waals surface area contributed by atoms with E-state index in [1.165, 1.54) is 23.5 Å². The van der Waals surface area contributed by atoms with Crippen molar-refractivity contribution in [2.24, 2.45) is 0 Å². The quantitative estimate of drug-likeness (QED) is 0.622. The Morgan fingerprint density at radius 3 is 2.89 bits per heavy atom. The Morgan fingerprint density at radius 2 is 2.16 bits per heavy atom. The molecule has 3 rings (SSSR count). The molecule has 1 aromatic carbocycles. The summed E-state index contributed by atoms with van der Waals surface area (Å²) < 4.78 is 0. The van der Waals surface area contributed by atoms with Crippen molar-refractivity contribution in [3.05, 3.63) is 45.0 Å². The average molecular weight is 274 g/mol. The van der Waals surface area contributed by atoms with Gasteiger partial charge in [0.2, 0.25) is 0 Å². The fourth-order valence-corrected chi connectivity index (χ4v) is 3.26. The Morgan fingerprint density at radius 1 is 1.32 bits per heavy atom. The Bertz CT molecular complexity index is 678. The van der Waals surface area contributed by atoms with Crippen molar-refractivity contribution >= 4 is 22.8 Å². The number of non-ortho nitro benzene ring substituents is 1. The largest absolute Gasteiger partial charge is 0.292 e. The number of Topliss-reactive ketones (excluding diaryl/α,β-unsaturated/α-hetero) is 1. The number of nitrogens with zero attached hydrogens (tertiary/aromatic N) is 2. The lowest BCUT2D eigenvalue weighted by atomic mass is 10.0. The van der Waals surface area contributed by atoms with Crippen LogP contribution in [0.3, 0.4) is 0 Å². The van der Waals surface area contributed by atoms with Crippen LogP contribution in [0, 0.1) is 10.1 Å². The van der Waals surface area contributed by atoms with Gasteiger partial charge < -0.3 is 0 Å². The van der Waals surface area contributed by atoms with Gasteiger partial charge in [0.05, 0.1) is 4.92 Å². The molecule has 1 heterocycles. The lowest BCUT2D eigenvalue weighted by Gasteiger charge is -2.06. The van der Waals surface area contributed by atoms with Crippen LogP contribution in [-0.2, 0) is 6.42 Å². The van der Waals surface area contributed by atoms with E-state index in [1.807, 2.05) is 0 Å². The maximum atomic E-state index is 11.7. The molecule has 2 aromatic rings. The molecule has 0 radical (unpaired) electrons. The van der Waals surface area contributed by atoms with Crippen LogP contribution < -0.4 is 0 Å². The summed E-state index contributed by atoms with van der Waals surface area (Å²) in [6, 6.07) is 6.36. The monoisotopic (exact) mass is 274 g/mol. The number of hydrogen-bond acceptors (Lipinski definition) is 5. The van der Waals surface area contributed by atoms with Crippen LogP contribution in [0.15, 0.2) is 24.3 Å². The van der Waals surface area contributed by atoms with Crippen molar-refractivity contribution in [2.75, 3.05) is 0 Å². The summed E-state index contributed by atoms with van der Waals surface area (Å²) in [6.07, 6.45) is 2.28. The maximum absolute atomic E-state index is 11.7. The van der Waals surface area contributed by atoms with E-state index in [1.54, 1.807) is 12.1 Å². The average Bonchev–Trinajstić information content (AvgIpc) is 2.84. The summed E-state index contributed by atoms with van der Waals surface area (Å²) in [7, 11) is 0. The van der Waals surface area contributed by atoms with Crippen LogP contribution in [0.1, 0.15) is 28.2 Å². The molecule has 0 aliphatic heterocycles. The summed E-state index contributed by atoms with van der Waals surface area (Å²) in [4.78, 5) is 27.4. The van der Waals surface area contributed by atoms with Crippen molar-refractivity contribution in [3.8, 4) is 10.6 Å². The molecule has 19 heavy (non-hydrogen) atoms. The minimum absolute atomic E-state index is 0.0389. The predicted octanol–water partition coefficient (Wildman–Crippen LogP) is 3.24. The van der Waals surface area contributed by atoms with E-state index >= 15 is 0 Å². The number of carbonyl (C=O) groups excluding carboxylic acids is 1. The third kappa shape index (κ3) is 2.15. The first-order valence-electron chi connectivity index (χ1n) is 5.93. The number of nitro groups is 1. The van der Waals surface area contributed by atoms with Crippen LogP contribution in [-0.4, -0.2) is 15.7 Å². The molecule has 0 amide bonds. The second kappa shape index (κ2) is 4.55. The minimum Gasteiger partial charge on any atom is -0.292 e. The molecule has 1 aliphatic carbocycles. The summed E-state index contributed by atoms with van der Waals surface area (Å²) in [5.41, 5.74) is 1.29. The van der Waals surface area contributed by atoms with E-state index in [4.69, 9.17) is 0 Å². The van der Waals surface area contributed by atoms with Crippen LogP contribution in [0.4, 0.5) is 5.69 Å². The number of thiazole rings is 1. The smallest absolute Gasteiger partial charge is 0.270 e. The highest BCUT2D eigenvalue weighted by Gasteiger charge is 2.23. The lowest BCUT2D eigenvalue weighted by molar-refractivity contribution is -0.384.